The molecule has 0 aliphatic heterocycles. The van der Waals surface area contributed by atoms with Crippen molar-refractivity contribution in [1.29, 1.82) is 0 Å². The first-order valence-corrected chi connectivity index (χ1v) is 6.05. The van der Waals surface area contributed by atoms with Crippen LogP contribution in [0.5, 0.6) is 0 Å². The third-order valence-electron chi connectivity index (χ3n) is 2.99. The van der Waals surface area contributed by atoms with Gasteiger partial charge in [0.05, 0.1) is 5.52 Å². The average molecular weight is 248 g/mol. The van der Waals surface area contributed by atoms with E-state index in [1.165, 1.54) is 0 Å². The fourth-order valence-electron chi connectivity index (χ4n) is 2.04. The van der Waals surface area contributed by atoms with Crippen molar-refractivity contribution in [3.8, 4) is 0 Å². The van der Waals surface area contributed by atoms with Crippen LogP contribution in [0.3, 0.4) is 0 Å². The minimum atomic E-state index is -0.0468. The van der Waals surface area contributed by atoms with Crippen molar-refractivity contribution < 1.29 is 4.79 Å². The molecule has 0 N–H and O–H groups in total. The molecule has 3 nitrogen and oxygen atoms in total. The van der Waals surface area contributed by atoms with E-state index in [0.29, 0.717) is 11.1 Å². The zero-order valence-corrected chi connectivity index (χ0v) is 10.5. The van der Waals surface area contributed by atoms with E-state index in [2.05, 4.69) is 9.97 Å². The summed E-state index contributed by atoms with van der Waals surface area (Å²) in [6, 6.07) is 11.5. The Morgan fingerprint density at radius 3 is 2.63 bits per heavy atom. The van der Waals surface area contributed by atoms with Crippen LogP contribution in [0.15, 0.2) is 55.0 Å². The van der Waals surface area contributed by atoms with Crippen LogP contribution in [-0.2, 0) is 0 Å². The van der Waals surface area contributed by atoms with Crippen molar-refractivity contribution >= 4 is 16.7 Å². The molecule has 0 aliphatic carbocycles. The molecular formula is C16H12N2O. The molecule has 0 saturated heterocycles. The van der Waals surface area contributed by atoms with Gasteiger partial charge in [-0.2, -0.15) is 0 Å². The number of aryl methyl sites for hydroxylation is 1. The van der Waals surface area contributed by atoms with E-state index in [-0.39, 0.29) is 5.78 Å². The molecule has 2 aromatic heterocycles. The zero-order valence-electron chi connectivity index (χ0n) is 10.5. The van der Waals surface area contributed by atoms with Crippen LogP contribution in [0.25, 0.3) is 10.9 Å². The highest BCUT2D eigenvalue weighted by atomic mass is 16.1. The number of pyridine rings is 2. The van der Waals surface area contributed by atoms with Gasteiger partial charge in [-0.15, -0.1) is 0 Å². The van der Waals surface area contributed by atoms with E-state index in [1.54, 1.807) is 18.6 Å². The number of ketones is 1. The number of carbonyl (C=O) groups excluding carboxylic acids is 1. The van der Waals surface area contributed by atoms with E-state index >= 15 is 0 Å². The molecule has 92 valence electrons. The van der Waals surface area contributed by atoms with Crippen molar-refractivity contribution in [3.63, 3.8) is 0 Å². The van der Waals surface area contributed by atoms with E-state index in [1.807, 2.05) is 43.3 Å². The van der Waals surface area contributed by atoms with Gasteiger partial charge in [0.15, 0.2) is 5.78 Å². The number of benzene rings is 1. The molecule has 3 rings (SSSR count). The molecule has 1 aromatic carbocycles. The molecule has 0 bridgehead atoms. The van der Waals surface area contributed by atoms with E-state index in [0.717, 1.165) is 16.5 Å². The Labute approximate surface area is 111 Å². The second kappa shape index (κ2) is 4.61. The number of para-hydroxylation sites is 1. The number of carbonyl (C=O) groups is 1. The lowest BCUT2D eigenvalue weighted by Crippen LogP contribution is -2.03. The molecule has 0 saturated carbocycles. The Hall–Kier alpha value is -2.55. The Morgan fingerprint density at radius 1 is 1.00 bits per heavy atom. The Morgan fingerprint density at radius 2 is 1.79 bits per heavy atom. The van der Waals surface area contributed by atoms with E-state index in [4.69, 9.17) is 0 Å². The van der Waals surface area contributed by atoms with Crippen molar-refractivity contribution in [3.05, 3.63) is 71.7 Å². The van der Waals surface area contributed by atoms with Gasteiger partial charge >= 0.3 is 0 Å². The monoisotopic (exact) mass is 248 g/mol. The summed E-state index contributed by atoms with van der Waals surface area (Å²) in [5.41, 5.74) is 3.05. The van der Waals surface area contributed by atoms with Gasteiger partial charge in [-0.05, 0) is 30.7 Å². The predicted octanol–water partition coefficient (Wildman–Crippen LogP) is 3.17. The van der Waals surface area contributed by atoms with E-state index < -0.39 is 0 Å². The van der Waals surface area contributed by atoms with Crippen molar-refractivity contribution in [1.82, 2.24) is 9.97 Å². The minimum Gasteiger partial charge on any atom is -0.288 e. The molecule has 3 heteroatoms. The highest BCUT2D eigenvalue weighted by molar-refractivity contribution is 6.10. The van der Waals surface area contributed by atoms with Gasteiger partial charge in [0.2, 0.25) is 0 Å². The summed E-state index contributed by atoms with van der Waals surface area (Å²) in [4.78, 5) is 20.7. The van der Waals surface area contributed by atoms with Crippen LogP contribution in [-0.4, -0.2) is 15.8 Å². The van der Waals surface area contributed by atoms with Crippen molar-refractivity contribution in [2.24, 2.45) is 0 Å². The second-order valence-corrected chi connectivity index (χ2v) is 4.50. The quantitative estimate of drug-likeness (QED) is 0.654. The maximum atomic E-state index is 12.4. The van der Waals surface area contributed by atoms with Gasteiger partial charge in [0.1, 0.15) is 0 Å². The molecule has 0 radical (unpaired) electrons. The Balaban J connectivity index is 2.06. The lowest BCUT2D eigenvalue weighted by molar-refractivity contribution is 0.103. The molecule has 0 aliphatic rings. The number of aromatic nitrogens is 2. The number of hydrogen-bond donors (Lipinski definition) is 0. The van der Waals surface area contributed by atoms with Crippen LogP contribution in [0.4, 0.5) is 0 Å². The number of nitrogens with zero attached hydrogens (tertiary/aromatic N) is 2. The van der Waals surface area contributed by atoms with Gasteiger partial charge in [-0.25, -0.2) is 0 Å². The maximum Gasteiger partial charge on any atom is 0.196 e. The molecule has 0 spiro atoms. The van der Waals surface area contributed by atoms with E-state index in [9.17, 15) is 4.79 Å². The summed E-state index contributed by atoms with van der Waals surface area (Å²) >= 11 is 0. The summed E-state index contributed by atoms with van der Waals surface area (Å²) in [6.07, 6.45) is 4.94. The van der Waals surface area contributed by atoms with Crippen molar-refractivity contribution in [2.45, 2.75) is 6.92 Å². The molecule has 2 heterocycles. The third kappa shape index (κ3) is 2.22. The topological polar surface area (TPSA) is 42.9 Å². The molecule has 0 unspecified atom stereocenters. The third-order valence-corrected chi connectivity index (χ3v) is 2.99. The molecule has 0 atom stereocenters. The number of fused-ring (bicyclic) bond motifs is 1. The number of hydrogen-bond acceptors (Lipinski definition) is 3. The summed E-state index contributed by atoms with van der Waals surface area (Å²) in [5, 5.41) is 0.967. The first-order valence-electron chi connectivity index (χ1n) is 6.05. The second-order valence-electron chi connectivity index (χ2n) is 4.50. The first-order chi connectivity index (χ1) is 9.24. The smallest absolute Gasteiger partial charge is 0.196 e. The summed E-state index contributed by atoms with van der Waals surface area (Å²) in [5.74, 6) is -0.0468. The van der Waals surface area contributed by atoms with Gasteiger partial charge < -0.3 is 0 Å². The van der Waals surface area contributed by atoms with Crippen LogP contribution in [0.2, 0.25) is 0 Å². The van der Waals surface area contributed by atoms with Gasteiger partial charge in [-0.1, -0.05) is 18.2 Å². The van der Waals surface area contributed by atoms with Gasteiger partial charge in [0, 0.05) is 35.1 Å². The average Bonchev–Trinajstić information content (AvgIpc) is 2.46. The SMILES string of the molecule is Cc1cncc(C(=O)c2cnc3ccccc3c2)c1. The van der Waals surface area contributed by atoms with Crippen LogP contribution in [0.1, 0.15) is 21.5 Å². The van der Waals surface area contributed by atoms with Gasteiger partial charge in [0.25, 0.3) is 0 Å². The van der Waals surface area contributed by atoms with Crippen LogP contribution in [0, 0.1) is 6.92 Å². The molecule has 19 heavy (non-hydrogen) atoms. The highest BCUT2D eigenvalue weighted by Crippen LogP contribution is 2.15. The normalized spacial score (nSPS) is 10.6. The Kier molecular flexibility index (Phi) is 2.80. The van der Waals surface area contributed by atoms with Gasteiger partial charge in [-0.3, -0.25) is 14.8 Å². The Bertz CT molecular complexity index is 765. The van der Waals surface area contributed by atoms with Crippen LogP contribution < -0.4 is 0 Å². The summed E-state index contributed by atoms with van der Waals surface area (Å²) in [7, 11) is 0. The zero-order chi connectivity index (χ0) is 13.2. The molecule has 3 aromatic rings. The maximum absolute atomic E-state index is 12.4. The fraction of sp³-hybridized carbons (Fsp3) is 0.0625. The predicted molar refractivity (Wildman–Crippen MR) is 74.1 cm³/mol. The lowest BCUT2D eigenvalue weighted by atomic mass is 10.0. The van der Waals surface area contributed by atoms with Crippen molar-refractivity contribution in [2.75, 3.05) is 0 Å². The summed E-state index contributed by atoms with van der Waals surface area (Å²) < 4.78 is 0. The molecule has 0 fully saturated rings. The summed E-state index contributed by atoms with van der Waals surface area (Å²) in [6.45, 7) is 1.92. The highest BCUT2D eigenvalue weighted by Gasteiger charge is 2.10. The van der Waals surface area contributed by atoms with Crippen LogP contribution >= 0.6 is 0 Å². The standard InChI is InChI=1S/C16H12N2O/c1-11-6-13(9-17-8-11)16(19)14-7-12-4-2-3-5-15(12)18-10-14/h2-10H,1H3. The largest absolute Gasteiger partial charge is 0.288 e. The molecule has 0 amide bonds. The first kappa shape index (κ1) is 11.5. The lowest BCUT2D eigenvalue weighted by Gasteiger charge is -2.03. The number of rotatable bonds is 2. The fourth-order valence-corrected chi connectivity index (χ4v) is 2.04. The molecular weight excluding hydrogens is 236 g/mol. The minimum absolute atomic E-state index is 0.0468.